The molecule has 0 bridgehead atoms. The second-order valence-corrected chi connectivity index (χ2v) is 6.26. The van der Waals surface area contributed by atoms with Crippen LogP contribution >= 0.6 is 11.8 Å². The third-order valence-electron chi connectivity index (χ3n) is 3.41. The van der Waals surface area contributed by atoms with E-state index in [0.29, 0.717) is 13.2 Å². The molecule has 0 aliphatic carbocycles. The number of rotatable bonds is 9. The lowest BCUT2D eigenvalue weighted by Gasteiger charge is -2.17. The van der Waals surface area contributed by atoms with Gasteiger partial charge in [0.05, 0.1) is 5.75 Å². The highest BCUT2D eigenvalue weighted by Crippen LogP contribution is 2.16. The molecule has 0 aliphatic rings. The van der Waals surface area contributed by atoms with Crippen LogP contribution in [-0.2, 0) is 22.6 Å². The number of hydrogen-bond acceptors (Lipinski definition) is 5. The van der Waals surface area contributed by atoms with Gasteiger partial charge in [0.2, 0.25) is 5.91 Å². The molecule has 0 N–H and O–H groups in total. The molecule has 0 aliphatic heterocycles. The number of carbonyl (C=O) groups is 1. The number of hydrogen-bond donors (Lipinski definition) is 0. The van der Waals surface area contributed by atoms with Gasteiger partial charge in [-0.25, -0.2) is 4.39 Å². The van der Waals surface area contributed by atoms with Crippen molar-refractivity contribution in [3.63, 3.8) is 0 Å². The second-order valence-electron chi connectivity index (χ2n) is 5.32. The summed E-state index contributed by atoms with van der Waals surface area (Å²) in [5, 5.41) is 8.65. The van der Waals surface area contributed by atoms with Crippen molar-refractivity contribution < 1.29 is 13.9 Å². The third-order valence-corrected chi connectivity index (χ3v) is 4.38. The molecule has 0 fully saturated rings. The number of methoxy groups -OCH3 is 1. The summed E-state index contributed by atoms with van der Waals surface area (Å²) in [5.74, 6) is -0.0208. The third kappa shape index (κ3) is 5.61. The first kappa shape index (κ1) is 18.4. The predicted molar refractivity (Wildman–Crippen MR) is 90.1 cm³/mol. The zero-order chi connectivity index (χ0) is 17.4. The summed E-state index contributed by atoms with van der Waals surface area (Å²) in [4.78, 5) is 13.9. The summed E-state index contributed by atoms with van der Waals surface area (Å²) in [5.41, 5.74) is 0.889. The van der Waals surface area contributed by atoms with E-state index < -0.39 is 0 Å². The number of thioether (sulfide) groups is 1. The van der Waals surface area contributed by atoms with Gasteiger partial charge in [0.1, 0.15) is 12.1 Å². The number of halogens is 1. The van der Waals surface area contributed by atoms with Crippen molar-refractivity contribution in [3.8, 4) is 0 Å². The van der Waals surface area contributed by atoms with Crippen LogP contribution in [0, 0.1) is 5.82 Å². The van der Waals surface area contributed by atoms with E-state index in [1.54, 1.807) is 37.5 Å². The Morgan fingerprint density at radius 2 is 2.12 bits per heavy atom. The van der Waals surface area contributed by atoms with Gasteiger partial charge in [-0.1, -0.05) is 23.9 Å². The molecule has 130 valence electrons. The van der Waals surface area contributed by atoms with Gasteiger partial charge >= 0.3 is 0 Å². The molecule has 2 aromatic rings. The number of ether oxygens (including phenoxy) is 1. The number of nitrogens with zero attached hydrogens (tertiary/aromatic N) is 4. The summed E-state index contributed by atoms with van der Waals surface area (Å²) >= 11 is 1.36. The summed E-state index contributed by atoms with van der Waals surface area (Å²) in [7, 11) is 3.40. The lowest BCUT2D eigenvalue weighted by atomic mass is 10.2. The molecule has 0 unspecified atom stereocenters. The van der Waals surface area contributed by atoms with Crippen molar-refractivity contribution >= 4 is 17.7 Å². The molecule has 0 saturated heterocycles. The van der Waals surface area contributed by atoms with Crippen LogP contribution in [0.15, 0.2) is 35.7 Å². The minimum Gasteiger partial charge on any atom is -0.385 e. The Kier molecular flexibility index (Phi) is 7.20. The first-order valence-electron chi connectivity index (χ1n) is 7.58. The molecule has 0 atom stereocenters. The highest BCUT2D eigenvalue weighted by molar-refractivity contribution is 7.99. The number of aryl methyl sites for hydroxylation is 1. The molecule has 1 aromatic heterocycles. The fraction of sp³-hybridized carbons (Fsp3) is 0.438. The average molecular weight is 352 g/mol. The van der Waals surface area contributed by atoms with Gasteiger partial charge in [-0.05, 0) is 24.1 Å². The maximum atomic E-state index is 12.9. The van der Waals surface area contributed by atoms with Gasteiger partial charge in [-0.3, -0.25) is 4.79 Å². The van der Waals surface area contributed by atoms with Crippen molar-refractivity contribution in [2.24, 2.45) is 0 Å². The zero-order valence-corrected chi connectivity index (χ0v) is 14.6. The van der Waals surface area contributed by atoms with Crippen molar-refractivity contribution in [1.82, 2.24) is 19.7 Å². The van der Waals surface area contributed by atoms with Crippen molar-refractivity contribution in [3.05, 3.63) is 42.0 Å². The van der Waals surface area contributed by atoms with Crippen LogP contribution in [0.2, 0.25) is 0 Å². The Bertz CT molecular complexity index is 648. The quantitative estimate of drug-likeness (QED) is 0.511. The lowest BCUT2D eigenvalue weighted by molar-refractivity contribution is -0.127. The fourth-order valence-corrected chi connectivity index (χ4v) is 2.96. The standard InChI is InChI=1S/C16H21FN4O2S/c1-20(10-13-4-6-14(17)7-5-13)15(22)11-24-16-19-18-12-21(16)8-3-9-23-2/h4-7,12H,3,8-11H2,1-2H3. The molecule has 24 heavy (non-hydrogen) atoms. The molecular weight excluding hydrogens is 331 g/mol. The van der Waals surface area contributed by atoms with Crippen molar-refractivity contribution in [2.75, 3.05) is 26.5 Å². The molecule has 0 radical (unpaired) electrons. The molecule has 6 nitrogen and oxygen atoms in total. The fourth-order valence-electron chi connectivity index (χ4n) is 2.08. The number of benzene rings is 1. The van der Waals surface area contributed by atoms with E-state index in [0.717, 1.165) is 23.7 Å². The summed E-state index contributed by atoms with van der Waals surface area (Å²) in [6, 6.07) is 6.15. The number of amides is 1. The van der Waals surface area contributed by atoms with Crippen LogP contribution in [-0.4, -0.2) is 52.1 Å². The highest BCUT2D eigenvalue weighted by atomic mass is 32.2. The van der Waals surface area contributed by atoms with Crippen LogP contribution in [0.25, 0.3) is 0 Å². The Morgan fingerprint density at radius 3 is 2.83 bits per heavy atom. The monoisotopic (exact) mass is 352 g/mol. The molecule has 0 spiro atoms. The van der Waals surface area contributed by atoms with Gasteiger partial charge in [-0.15, -0.1) is 10.2 Å². The Morgan fingerprint density at radius 1 is 1.38 bits per heavy atom. The van der Waals surface area contributed by atoms with Crippen LogP contribution in [0.4, 0.5) is 4.39 Å². The predicted octanol–water partition coefficient (Wildman–Crippen LogP) is 2.20. The largest absolute Gasteiger partial charge is 0.385 e. The molecule has 0 saturated carbocycles. The second kappa shape index (κ2) is 9.39. The van der Waals surface area contributed by atoms with E-state index in [1.807, 2.05) is 4.57 Å². The van der Waals surface area contributed by atoms with Gasteiger partial charge in [-0.2, -0.15) is 0 Å². The van der Waals surface area contributed by atoms with E-state index in [2.05, 4.69) is 10.2 Å². The van der Waals surface area contributed by atoms with E-state index in [-0.39, 0.29) is 17.5 Å². The molecular formula is C16H21FN4O2S. The maximum absolute atomic E-state index is 12.9. The molecule has 1 amide bonds. The van der Waals surface area contributed by atoms with Crippen LogP contribution in [0.3, 0.4) is 0 Å². The minimum atomic E-state index is -0.281. The first-order valence-corrected chi connectivity index (χ1v) is 8.56. The lowest BCUT2D eigenvalue weighted by Crippen LogP contribution is -2.27. The van der Waals surface area contributed by atoms with E-state index in [4.69, 9.17) is 4.74 Å². The molecule has 1 aromatic carbocycles. The van der Waals surface area contributed by atoms with E-state index in [9.17, 15) is 9.18 Å². The smallest absolute Gasteiger partial charge is 0.233 e. The Labute approximate surface area is 145 Å². The molecule has 8 heteroatoms. The molecule has 1 heterocycles. The number of carbonyl (C=O) groups excluding carboxylic acids is 1. The van der Waals surface area contributed by atoms with Crippen molar-refractivity contribution in [2.45, 2.75) is 24.7 Å². The van der Waals surface area contributed by atoms with Gasteiger partial charge in [0.25, 0.3) is 0 Å². The van der Waals surface area contributed by atoms with Gasteiger partial charge < -0.3 is 14.2 Å². The van der Waals surface area contributed by atoms with Crippen molar-refractivity contribution in [1.29, 1.82) is 0 Å². The summed E-state index contributed by atoms with van der Waals surface area (Å²) in [6.07, 6.45) is 2.52. The average Bonchev–Trinajstić information content (AvgIpc) is 3.02. The van der Waals surface area contributed by atoms with Gasteiger partial charge in [0, 0.05) is 33.9 Å². The number of aromatic nitrogens is 3. The van der Waals surface area contributed by atoms with E-state index in [1.165, 1.54) is 23.9 Å². The van der Waals surface area contributed by atoms with Crippen LogP contribution in [0.5, 0.6) is 0 Å². The normalized spacial score (nSPS) is 10.8. The van der Waals surface area contributed by atoms with Gasteiger partial charge in [0.15, 0.2) is 5.16 Å². The summed E-state index contributed by atoms with van der Waals surface area (Å²) in [6.45, 7) is 1.87. The zero-order valence-electron chi connectivity index (χ0n) is 13.8. The Hall–Kier alpha value is -1.93. The Balaban J connectivity index is 1.82. The van der Waals surface area contributed by atoms with Crippen LogP contribution < -0.4 is 0 Å². The SMILES string of the molecule is COCCCn1cnnc1SCC(=O)N(C)Cc1ccc(F)cc1. The highest BCUT2D eigenvalue weighted by Gasteiger charge is 2.13. The topological polar surface area (TPSA) is 60.2 Å². The minimum absolute atomic E-state index is 0.0178. The summed E-state index contributed by atoms with van der Waals surface area (Å²) < 4.78 is 19.8. The molecule has 2 rings (SSSR count). The first-order chi connectivity index (χ1) is 11.6. The van der Waals surface area contributed by atoms with Crippen LogP contribution in [0.1, 0.15) is 12.0 Å². The maximum Gasteiger partial charge on any atom is 0.233 e. The van der Waals surface area contributed by atoms with E-state index >= 15 is 0 Å².